The number of rotatable bonds is 8. The van der Waals surface area contributed by atoms with Gasteiger partial charge in [0.2, 0.25) is 0 Å². The van der Waals surface area contributed by atoms with Gasteiger partial charge in [-0.3, -0.25) is 4.68 Å². The topological polar surface area (TPSA) is 70.4 Å². The number of aliphatic imine (C=N–C) groups is 1. The van der Waals surface area contributed by atoms with Gasteiger partial charge in [0.05, 0.1) is 12.2 Å². The number of aromatic nitrogens is 3. The van der Waals surface area contributed by atoms with Crippen LogP contribution < -0.4 is 15.5 Å². The quantitative estimate of drug-likeness (QED) is 0.230. The highest BCUT2D eigenvalue weighted by Crippen LogP contribution is 2.18. The molecule has 3 rings (SSSR count). The van der Waals surface area contributed by atoms with Crippen LogP contribution in [-0.2, 0) is 13.1 Å². The SMILES string of the molecule is CCNC(=NCc1ccnc(N2CCCCCC2)c1)NCCCn1nc(C)cc1C.I. The van der Waals surface area contributed by atoms with E-state index in [2.05, 4.69) is 62.3 Å². The van der Waals surface area contributed by atoms with E-state index in [0.29, 0.717) is 6.54 Å². The Balaban J connectivity index is 0.00000341. The molecule has 172 valence electrons. The van der Waals surface area contributed by atoms with Crippen molar-refractivity contribution < 1.29 is 0 Å². The number of hydrogen-bond acceptors (Lipinski definition) is 4. The van der Waals surface area contributed by atoms with Gasteiger partial charge >= 0.3 is 0 Å². The zero-order valence-electron chi connectivity index (χ0n) is 19.2. The first-order valence-corrected chi connectivity index (χ1v) is 11.4. The summed E-state index contributed by atoms with van der Waals surface area (Å²) in [7, 11) is 0. The van der Waals surface area contributed by atoms with Crippen LogP contribution in [0.15, 0.2) is 29.4 Å². The summed E-state index contributed by atoms with van der Waals surface area (Å²) in [5.74, 6) is 1.95. The lowest BCUT2D eigenvalue weighted by Crippen LogP contribution is -2.38. The van der Waals surface area contributed by atoms with Crippen LogP contribution >= 0.6 is 24.0 Å². The molecule has 1 aliphatic rings. The van der Waals surface area contributed by atoms with E-state index in [4.69, 9.17) is 4.99 Å². The predicted molar refractivity (Wildman–Crippen MR) is 139 cm³/mol. The van der Waals surface area contributed by atoms with Gasteiger partial charge in [-0.25, -0.2) is 9.98 Å². The molecule has 8 heteroatoms. The molecule has 0 aromatic carbocycles. The normalized spacial score (nSPS) is 14.7. The van der Waals surface area contributed by atoms with Crippen LogP contribution in [0, 0.1) is 13.8 Å². The van der Waals surface area contributed by atoms with Gasteiger partial charge < -0.3 is 15.5 Å². The Labute approximate surface area is 204 Å². The molecule has 2 aromatic heterocycles. The number of halogens is 1. The van der Waals surface area contributed by atoms with Crippen molar-refractivity contribution in [3.63, 3.8) is 0 Å². The third-order valence-corrected chi connectivity index (χ3v) is 5.45. The fourth-order valence-corrected chi connectivity index (χ4v) is 3.88. The number of pyridine rings is 1. The monoisotopic (exact) mass is 539 g/mol. The fraction of sp³-hybridized carbons (Fsp3) is 0.609. The zero-order chi connectivity index (χ0) is 21.2. The third kappa shape index (κ3) is 8.31. The second-order valence-electron chi connectivity index (χ2n) is 8.05. The van der Waals surface area contributed by atoms with Crippen LogP contribution in [-0.4, -0.2) is 46.9 Å². The fourth-order valence-electron chi connectivity index (χ4n) is 3.88. The van der Waals surface area contributed by atoms with Crippen LogP contribution in [0.1, 0.15) is 56.0 Å². The van der Waals surface area contributed by atoms with Gasteiger partial charge in [0.1, 0.15) is 5.82 Å². The molecule has 0 spiro atoms. The molecule has 0 unspecified atom stereocenters. The number of hydrogen-bond donors (Lipinski definition) is 2. The average Bonchev–Trinajstić information content (AvgIpc) is 2.93. The van der Waals surface area contributed by atoms with Crippen molar-refractivity contribution in [1.29, 1.82) is 0 Å². The van der Waals surface area contributed by atoms with Crippen LogP contribution in [0.25, 0.3) is 0 Å². The molecule has 0 saturated carbocycles. The van der Waals surface area contributed by atoms with Gasteiger partial charge in [-0.05, 0) is 63.8 Å². The van der Waals surface area contributed by atoms with E-state index in [9.17, 15) is 0 Å². The van der Waals surface area contributed by atoms with E-state index in [1.165, 1.54) is 36.9 Å². The Kier molecular flexibility index (Phi) is 11.1. The van der Waals surface area contributed by atoms with Crippen molar-refractivity contribution in [3.8, 4) is 0 Å². The number of nitrogens with zero attached hydrogens (tertiary/aromatic N) is 5. The van der Waals surface area contributed by atoms with Crippen molar-refractivity contribution in [2.75, 3.05) is 31.1 Å². The second-order valence-corrected chi connectivity index (χ2v) is 8.05. The van der Waals surface area contributed by atoms with Gasteiger partial charge in [-0.2, -0.15) is 5.10 Å². The highest BCUT2D eigenvalue weighted by molar-refractivity contribution is 14.0. The maximum absolute atomic E-state index is 4.78. The Morgan fingerprint density at radius 3 is 2.55 bits per heavy atom. The first kappa shape index (κ1) is 25.4. The number of aryl methyl sites for hydroxylation is 3. The van der Waals surface area contributed by atoms with Gasteiger partial charge in [0.15, 0.2) is 5.96 Å². The van der Waals surface area contributed by atoms with Crippen LogP contribution in [0.2, 0.25) is 0 Å². The van der Waals surface area contributed by atoms with E-state index >= 15 is 0 Å². The molecule has 0 atom stereocenters. The van der Waals surface area contributed by atoms with Crippen LogP contribution in [0.5, 0.6) is 0 Å². The molecular formula is C23H38IN7. The van der Waals surface area contributed by atoms with Crippen LogP contribution in [0.4, 0.5) is 5.82 Å². The standard InChI is InChI=1S/C23H37N7.HI/c1-4-24-23(26-11-9-15-30-20(3)16-19(2)28-30)27-18-21-10-12-25-22(17-21)29-13-7-5-6-8-14-29;/h10,12,16-17H,4-9,11,13-15,18H2,1-3H3,(H2,24,26,27);1H. The molecule has 2 N–H and O–H groups in total. The lowest BCUT2D eigenvalue weighted by Gasteiger charge is -2.21. The lowest BCUT2D eigenvalue weighted by atomic mass is 10.2. The minimum absolute atomic E-state index is 0. The smallest absolute Gasteiger partial charge is 0.191 e. The summed E-state index contributed by atoms with van der Waals surface area (Å²) in [6.45, 7) is 11.7. The minimum atomic E-state index is 0. The molecule has 7 nitrogen and oxygen atoms in total. The van der Waals surface area contributed by atoms with Gasteiger partial charge in [0.25, 0.3) is 0 Å². The zero-order valence-corrected chi connectivity index (χ0v) is 21.6. The summed E-state index contributed by atoms with van der Waals surface area (Å²) < 4.78 is 2.07. The van der Waals surface area contributed by atoms with Crippen molar-refractivity contribution in [1.82, 2.24) is 25.4 Å². The Hall–Kier alpha value is -1.84. The molecular weight excluding hydrogens is 501 g/mol. The van der Waals surface area contributed by atoms with E-state index in [0.717, 1.165) is 56.6 Å². The van der Waals surface area contributed by atoms with Crippen molar-refractivity contribution in [2.24, 2.45) is 4.99 Å². The highest BCUT2D eigenvalue weighted by Gasteiger charge is 2.11. The lowest BCUT2D eigenvalue weighted by molar-refractivity contribution is 0.555. The Morgan fingerprint density at radius 1 is 1.10 bits per heavy atom. The second kappa shape index (κ2) is 13.5. The molecule has 3 heterocycles. The summed E-state index contributed by atoms with van der Waals surface area (Å²) in [5, 5.41) is 11.3. The molecule has 1 fully saturated rings. The molecule has 0 amide bonds. The summed E-state index contributed by atoms with van der Waals surface area (Å²) in [4.78, 5) is 11.8. The molecule has 0 aliphatic carbocycles. The largest absolute Gasteiger partial charge is 0.357 e. The van der Waals surface area contributed by atoms with Gasteiger partial charge in [-0.1, -0.05) is 12.8 Å². The molecule has 2 aromatic rings. The first-order chi connectivity index (χ1) is 14.7. The number of nitrogens with one attached hydrogen (secondary N) is 2. The van der Waals surface area contributed by atoms with Crippen LogP contribution in [0.3, 0.4) is 0 Å². The summed E-state index contributed by atoms with van der Waals surface area (Å²) in [5.41, 5.74) is 3.49. The van der Waals surface area contributed by atoms with E-state index in [1.807, 2.05) is 13.1 Å². The van der Waals surface area contributed by atoms with Gasteiger partial charge in [-0.15, -0.1) is 24.0 Å². The average molecular weight is 540 g/mol. The third-order valence-electron chi connectivity index (χ3n) is 5.45. The van der Waals surface area contributed by atoms with E-state index in [-0.39, 0.29) is 24.0 Å². The Bertz CT molecular complexity index is 810. The summed E-state index contributed by atoms with van der Waals surface area (Å²) in [6, 6.07) is 6.38. The molecule has 1 saturated heterocycles. The highest BCUT2D eigenvalue weighted by atomic mass is 127. The van der Waals surface area contributed by atoms with Crippen molar-refractivity contribution >= 4 is 35.8 Å². The number of guanidine groups is 1. The number of anilines is 1. The van der Waals surface area contributed by atoms with Crippen molar-refractivity contribution in [3.05, 3.63) is 41.3 Å². The molecule has 0 bridgehead atoms. The van der Waals surface area contributed by atoms with E-state index < -0.39 is 0 Å². The maximum Gasteiger partial charge on any atom is 0.191 e. The minimum Gasteiger partial charge on any atom is -0.357 e. The molecule has 1 aliphatic heterocycles. The van der Waals surface area contributed by atoms with Gasteiger partial charge in [0, 0.05) is 44.6 Å². The Morgan fingerprint density at radius 2 is 1.87 bits per heavy atom. The molecule has 0 radical (unpaired) electrons. The van der Waals surface area contributed by atoms with E-state index in [1.54, 1.807) is 0 Å². The maximum atomic E-state index is 4.78. The first-order valence-electron chi connectivity index (χ1n) is 11.4. The summed E-state index contributed by atoms with van der Waals surface area (Å²) in [6.07, 6.45) is 8.10. The molecule has 31 heavy (non-hydrogen) atoms. The predicted octanol–water partition coefficient (Wildman–Crippen LogP) is 4.04. The summed E-state index contributed by atoms with van der Waals surface area (Å²) >= 11 is 0. The van der Waals surface area contributed by atoms with Crippen molar-refractivity contribution in [2.45, 2.75) is 66.0 Å².